The Labute approximate surface area is 138 Å². The first kappa shape index (κ1) is 18.2. The Kier molecular flexibility index (Phi) is 8.62. The van der Waals surface area contributed by atoms with Crippen LogP contribution in [0.15, 0.2) is 67.4 Å². The third-order valence-corrected chi connectivity index (χ3v) is 3.21. The molecule has 0 saturated heterocycles. The van der Waals surface area contributed by atoms with Crippen LogP contribution in [0.1, 0.15) is 12.0 Å². The molecule has 0 aliphatic heterocycles. The van der Waals surface area contributed by atoms with Gasteiger partial charge in [0.2, 0.25) is 0 Å². The first-order valence-electron chi connectivity index (χ1n) is 7.61. The number of nitrogens with one attached hydrogen (secondary N) is 1. The van der Waals surface area contributed by atoms with Crippen LogP contribution in [0, 0.1) is 11.3 Å². The minimum atomic E-state index is -0.317. The number of aryl methyl sites for hydroxylation is 1. The molecule has 0 aromatic heterocycles. The van der Waals surface area contributed by atoms with Crippen LogP contribution in [0.5, 0.6) is 0 Å². The van der Waals surface area contributed by atoms with E-state index < -0.39 is 0 Å². The summed E-state index contributed by atoms with van der Waals surface area (Å²) in [5, 5.41) is 12.2. The van der Waals surface area contributed by atoms with Crippen LogP contribution in [0.4, 0.5) is 0 Å². The van der Waals surface area contributed by atoms with Crippen molar-refractivity contribution in [3.8, 4) is 6.07 Å². The van der Waals surface area contributed by atoms with Gasteiger partial charge >= 0.3 is 0 Å². The molecule has 0 atom stereocenters. The van der Waals surface area contributed by atoms with Gasteiger partial charge in [-0.05, 0) is 18.4 Å². The van der Waals surface area contributed by atoms with Gasteiger partial charge < -0.3 is 10.2 Å². The van der Waals surface area contributed by atoms with E-state index in [0.29, 0.717) is 19.6 Å². The molecule has 1 aromatic rings. The number of carbonyl (C=O) groups is 1. The van der Waals surface area contributed by atoms with Crippen LogP contribution in [-0.4, -0.2) is 30.4 Å². The number of rotatable bonds is 10. The minimum Gasteiger partial charge on any atom is -0.390 e. The summed E-state index contributed by atoms with van der Waals surface area (Å²) in [5.41, 5.74) is 1.37. The van der Waals surface area contributed by atoms with Gasteiger partial charge in [-0.2, -0.15) is 5.26 Å². The second kappa shape index (κ2) is 10.9. The lowest BCUT2D eigenvalue weighted by Gasteiger charge is -2.18. The SMILES string of the molecule is C=CCN(CC=C)C(=O)/C(C#N)=C\NCCCc1ccccc1. The van der Waals surface area contributed by atoms with E-state index in [4.69, 9.17) is 5.26 Å². The Morgan fingerprint density at radius 3 is 2.43 bits per heavy atom. The van der Waals surface area contributed by atoms with Crippen LogP contribution in [-0.2, 0) is 11.2 Å². The fraction of sp³-hybridized carbons (Fsp3) is 0.263. The van der Waals surface area contributed by atoms with Gasteiger partial charge in [0, 0.05) is 25.8 Å². The predicted molar refractivity (Wildman–Crippen MR) is 93.4 cm³/mol. The van der Waals surface area contributed by atoms with Gasteiger partial charge in [-0.15, -0.1) is 13.2 Å². The molecule has 0 aliphatic rings. The molecule has 0 aliphatic carbocycles. The number of hydrogen-bond donors (Lipinski definition) is 1. The van der Waals surface area contributed by atoms with Gasteiger partial charge in [0.15, 0.2) is 0 Å². The van der Waals surface area contributed by atoms with E-state index in [1.807, 2.05) is 24.3 Å². The monoisotopic (exact) mass is 309 g/mol. The van der Waals surface area contributed by atoms with Crippen LogP contribution in [0.2, 0.25) is 0 Å². The van der Waals surface area contributed by atoms with Crippen molar-refractivity contribution in [2.24, 2.45) is 0 Å². The number of hydrogen-bond acceptors (Lipinski definition) is 3. The van der Waals surface area contributed by atoms with Crippen LogP contribution >= 0.6 is 0 Å². The molecule has 0 radical (unpaired) electrons. The summed E-state index contributed by atoms with van der Waals surface area (Å²) in [5.74, 6) is -0.317. The Hall–Kier alpha value is -2.80. The molecule has 0 bridgehead atoms. The lowest BCUT2D eigenvalue weighted by atomic mass is 10.1. The summed E-state index contributed by atoms with van der Waals surface area (Å²) in [6.45, 7) is 8.72. The third kappa shape index (κ3) is 6.66. The molecule has 0 heterocycles. The fourth-order valence-electron chi connectivity index (χ4n) is 2.08. The standard InChI is InChI=1S/C19H23N3O/c1-3-13-22(14-4-2)19(23)18(15-20)16-21-12-8-11-17-9-6-5-7-10-17/h3-7,9-10,16,21H,1-2,8,11-14H2/b18-16-. The van der Waals surface area contributed by atoms with E-state index in [0.717, 1.165) is 12.8 Å². The van der Waals surface area contributed by atoms with Crippen molar-refractivity contribution < 1.29 is 4.79 Å². The maximum Gasteiger partial charge on any atom is 0.266 e. The normalized spacial score (nSPS) is 10.5. The zero-order chi connectivity index (χ0) is 16.9. The highest BCUT2D eigenvalue weighted by Gasteiger charge is 2.15. The second-order valence-corrected chi connectivity index (χ2v) is 5.00. The molecule has 0 fully saturated rings. The Morgan fingerprint density at radius 2 is 1.87 bits per heavy atom. The molecule has 0 saturated carbocycles. The van der Waals surface area contributed by atoms with Gasteiger partial charge in [-0.3, -0.25) is 4.79 Å². The predicted octanol–water partition coefficient (Wildman–Crippen LogP) is 2.82. The molecule has 0 spiro atoms. The molecule has 0 unspecified atom stereocenters. The molecule has 4 nitrogen and oxygen atoms in total. The molecule has 4 heteroatoms. The summed E-state index contributed by atoms with van der Waals surface area (Å²) in [6.07, 6.45) is 6.63. The van der Waals surface area contributed by atoms with E-state index in [-0.39, 0.29) is 11.5 Å². The van der Waals surface area contributed by atoms with E-state index in [1.165, 1.54) is 16.7 Å². The highest BCUT2D eigenvalue weighted by Crippen LogP contribution is 2.03. The van der Waals surface area contributed by atoms with Crippen molar-refractivity contribution in [1.82, 2.24) is 10.2 Å². The molecule has 1 amide bonds. The van der Waals surface area contributed by atoms with Crippen LogP contribution in [0.25, 0.3) is 0 Å². The van der Waals surface area contributed by atoms with Gasteiger partial charge in [-0.25, -0.2) is 0 Å². The maximum absolute atomic E-state index is 12.2. The van der Waals surface area contributed by atoms with Gasteiger partial charge in [0.1, 0.15) is 11.6 Å². The van der Waals surface area contributed by atoms with Gasteiger partial charge in [-0.1, -0.05) is 42.5 Å². The maximum atomic E-state index is 12.2. The van der Waals surface area contributed by atoms with Crippen molar-refractivity contribution in [2.45, 2.75) is 12.8 Å². The Balaban J connectivity index is 2.48. The highest BCUT2D eigenvalue weighted by molar-refractivity contribution is 5.97. The van der Waals surface area contributed by atoms with E-state index in [2.05, 4.69) is 30.6 Å². The van der Waals surface area contributed by atoms with Crippen molar-refractivity contribution >= 4 is 5.91 Å². The van der Waals surface area contributed by atoms with Gasteiger partial charge in [0.05, 0.1) is 0 Å². The first-order chi connectivity index (χ1) is 11.2. The van der Waals surface area contributed by atoms with Crippen molar-refractivity contribution in [1.29, 1.82) is 5.26 Å². The zero-order valence-corrected chi connectivity index (χ0v) is 13.4. The Bertz CT molecular complexity index is 574. The molecular formula is C19H23N3O. The smallest absolute Gasteiger partial charge is 0.266 e. The average molecular weight is 309 g/mol. The van der Waals surface area contributed by atoms with Crippen molar-refractivity contribution in [2.75, 3.05) is 19.6 Å². The fourth-order valence-corrected chi connectivity index (χ4v) is 2.08. The number of carbonyl (C=O) groups excluding carboxylic acids is 1. The largest absolute Gasteiger partial charge is 0.390 e. The Morgan fingerprint density at radius 1 is 1.22 bits per heavy atom. The summed E-state index contributed by atoms with van der Waals surface area (Å²) in [7, 11) is 0. The number of benzene rings is 1. The van der Waals surface area contributed by atoms with E-state index in [1.54, 1.807) is 12.2 Å². The van der Waals surface area contributed by atoms with Crippen LogP contribution < -0.4 is 5.32 Å². The number of nitriles is 1. The molecular weight excluding hydrogens is 286 g/mol. The highest BCUT2D eigenvalue weighted by atomic mass is 16.2. The molecule has 1 aromatic carbocycles. The van der Waals surface area contributed by atoms with Crippen molar-refractivity contribution in [3.05, 3.63) is 73.0 Å². The topological polar surface area (TPSA) is 56.1 Å². The lowest BCUT2D eigenvalue weighted by molar-refractivity contribution is -0.125. The summed E-state index contributed by atoms with van der Waals surface area (Å²) >= 11 is 0. The molecule has 1 N–H and O–H groups in total. The minimum absolute atomic E-state index is 0.0911. The molecule has 23 heavy (non-hydrogen) atoms. The molecule has 120 valence electrons. The number of nitrogens with zero attached hydrogens (tertiary/aromatic N) is 2. The summed E-state index contributed by atoms with van der Waals surface area (Å²) in [4.78, 5) is 13.8. The summed E-state index contributed by atoms with van der Waals surface area (Å²) in [6, 6.07) is 12.1. The lowest BCUT2D eigenvalue weighted by Crippen LogP contribution is -2.32. The average Bonchev–Trinajstić information content (AvgIpc) is 2.58. The van der Waals surface area contributed by atoms with Gasteiger partial charge in [0.25, 0.3) is 5.91 Å². The zero-order valence-electron chi connectivity index (χ0n) is 13.4. The van der Waals surface area contributed by atoms with Crippen LogP contribution in [0.3, 0.4) is 0 Å². The van der Waals surface area contributed by atoms with E-state index >= 15 is 0 Å². The number of amides is 1. The quantitative estimate of drug-likeness (QED) is 0.313. The summed E-state index contributed by atoms with van der Waals surface area (Å²) < 4.78 is 0. The third-order valence-electron chi connectivity index (χ3n) is 3.21. The van der Waals surface area contributed by atoms with E-state index in [9.17, 15) is 4.79 Å². The molecule has 1 rings (SSSR count). The van der Waals surface area contributed by atoms with Crippen molar-refractivity contribution in [3.63, 3.8) is 0 Å². The first-order valence-corrected chi connectivity index (χ1v) is 7.61. The second-order valence-electron chi connectivity index (χ2n) is 5.00.